The number of imidazole rings is 1. The lowest BCUT2D eigenvalue weighted by Crippen LogP contribution is -2.25. The average molecular weight is 364 g/mol. The van der Waals surface area contributed by atoms with Crippen molar-refractivity contribution in [1.82, 2.24) is 20.3 Å². The summed E-state index contributed by atoms with van der Waals surface area (Å²) in [4.78, 5) is 11.8. The van der Waals surface area contributed by atoms with Gasteiger partial charge >= 0.3 is 0 Å². The molecular weight excluding hydrogens is 345 g/mol. The van der Waals surface area contributed by atoms with Gasteiger partial charge in [-0.3, -0.25) is 0 Å². The SMILES string of the molecule is CC(CNCc1cc(Cl)cc(Cl)c1)CNc1nc2ncccc2[nH]1. The van der Waals surface area contributed by atoms with Gasteiger partial charge in [-0.25, -0.2) is 4.98 Å². The molecule has 2 aromatic heterocycles. The van der Waals surface area contributed by atoms with Crippen molar-refractivity contribution in [2.45, 2.75) is 13.5 Å². The third kappa shape index (κ3) is 4.60. The Morgan fingerprint density at radius 1 is 1.17 bits per heavy atom. The highest BCUT2D eigenvalue weighted by Crippen LogP contribution is 2.19. The molecule has 0 radical (unpaired) electrons. The third-order valence-corrected chi connectivity index (χ3v) is 4.06. The van der Waals surface area contributed by atoms with Crippen molar-refractivity contribution >= 4 is 40.3 Å². The molecule has 0 fully saturated rings. The van der Waals surface area contributed by atoms with Gasteiger partial charge in [-0.15, -0.1) is 0 Å². The maximum atomic E-state index is 6.00. The van der Waals surface area contributed by atoms with Crippen molar-refractivity contribution in [2.75, 3.05) is 18.4 Å². The largest absolute Gasteiger partial charge is 0.355 e. The summed E-state index contributed by atoms with van der Waals surface area (Å²) in [6.45, 7) is 4.59. The fraction of sp³-hybridized carbons (Fsp3) is 0.294. The summed E-state index contributed by atoms with van der Waals surface area (Å²) in [6.07, 6.45) is 1.74. The van der Waals surface area contributed by atoms with E-state index in [1.54, 1.807) is 12.3 Å². The van der Waals surface area contributed by atoms with Gasteiger partial charge in [0, 0.05) is 29.3 Å². The first-order chi connectivity index (χ1) is 11.6. The molecule has 0 amide bonds. The molecule has 5 nitrogen and oxygen atoms in total. The number of hydrogen-bond acceptors (Lipinski definition) is 4. The monoisotopic (exact) mass is 363 g/mol. The van der Waals surface area contributed by atoms with Crippen LogP contribution in [0.3, 0.4) is 0 Å². The van der Waals surface area contributed by atoms with Gasteiger partial charge in [-0.1, -0.05) is 30.1 Å². The maximum Gasteiger partial charge on any atom is 0.202 e. The zero-order valence-electron chi connectivity index (χ0n) is 13.3. The van der Waals surface area contributed by atoms with Gasteiger partial charge in [-0.05, 0) is 48.4 Å². The van der Waals surface area contributed by atoms with E-state index in [4.69, 9.17) is 23.2 Å². The molecule has 0 saturated carbocycles. The summed E-state index contributed by atoms with van der Waals surface area (Å²) in [6, 6.07) is 9.43. The van der Waals surface area contributed by atoms with Gasteiger partial charge in [0.1, 0.15) is 0 Å². The molecule has 3 rings (SSSR count). The lowest BCUT2D eigenvalue weighted by atomic mass is 10.1. The predicted molar refractivity (Wildman–Crippen MR) is 99.7 cm³/mol. The van der Waals surface area contributed by atoms with Crippen molar-refractivity contribution < 1.29 is 0 Å². The van der Waals surface area contributed by atoms with Crippen LogP contribution < -0.4 is 10.6 Å². The molecule has 1 atom stereocenters. The van der Waals surface area contributed by atoms with Crippen LogP contribution in [0.5, 0.6) is 0 Å². The Morgan fingerprint density at radius 2 is 1.96 bits per heavy atom. The zero-order valence-corrected chi connectivity index (χ0v) is 14.8. The number of anilines is 1. The second-order valence-corrected chi connectivity index (χ2v) is 6.73. The molecule has 1 unspecified atom stereocenters. The van der Waals surface area contributed by atoms with Gasteiger partial charge < -0.3 is 15.6 Å². The first-order valence-corrected chi connectivity index (χ1v) is 8.56. The van der Waals surface area contributed by atoms with Crippen LogP contribution in [0.1, 0.15) is 12.5 Å². The number of fused-ring (bicyclic) bond motifs is 1. The smallest absolute Gasteiger partial charge is 0.202 e. The molecule has 0 aliphatic rings. The topological polar surface area (TPSA) is 65.6 Å². The molecule has 0 aliphatic carbocycles. The highest BCUT2D eigenvalue weighted by molar-refractivity contribution is 6.34. The number of pyridine rings is 1. The minimum atomic E-state index is 0.431. The van der Waals surface area contributed by atoms with Crippen molar-refractivity contribution in [2.24, 2.45) is 5.92 Å². The quantitative estimate of drug-likeness (QED) is 0.591. The molecule has 24 heavy (non-hydrogen) atoms. The molecule has 0 spiro atoms. The standard InChI is InChI=1S/C17H19Cl2N5/c1-11(8-20-10-12-5-13(18)7-14(19)6-12)9-22-17-23-15-3-2-4-21-16(15)24-17/h2-7,11,20H,8-10H2,1H3,(H2,21,22,23,24). The predicted octanol–water partition coefficient (Wildman–Crippen LogP) is 4.10. The fourth-order valence-electron chi connectivity index (χ4n) is 2.45. The second-order valence-electron chi connectivity index (χ2n) is 5.85. The minimum Gasteiger partial charge on any atom is -0.355 e. The fourth-order valence-corrected chi connectivity index (χ4v) is 3.02. The highest BCUT2D eigenvalue weighted by Gasteiger charge is 2.06. The summed E-state index contributed by atoms with van der Waals surface area (Å²) in [5.41, 5.74) is 2.74. The number of hydrogen-bond donors (Lipinski definition) is 3. The summed E-state index contributed by atoms with van der Waals surface area (Å²) < 4.78 is 0. The summed E-state index contributed by atoms with van der Waals surface area (Å²) in [5, 5.41) is 8.05. The van der Waals surface area contributed by atoms with E-state index < -0.39 is 0 Å². The van der Waals surface area contributed by atoms with Crippen LogP contribution in [0.25, 0.3) is 11.2 Å². The number of nitrogens with zero attached hydrogens (tertiary/aromatic N) is 2. The van der Waals surface area contributed by atoms with Crippen molar-refractivity contribution in [1.29, 1.82) is 0 Å². The molecule has 0 bridgehead atoms. The molecule has 2 heterocycles. The molecule has 7 heteroatoms. The van der Waals surface area contributed by atoms with Crippen LogP contribution in [0.2, 0.25) is 10.0 Å². The summed E-state index contributed by atoms with van der Waals surface area (Å²) in [5.74, 6) is 1.18. The Hall–Kier alpha value is -1.82. The molecule has 126 valence electrons. The number of nitrogens with one attached hydrogen (secondary N) is 3. The Kier molecular flexibility index (Phi) is 5.56. The highest BCUT2D eigenvalue weighted by atomic mass is 35.5. The van der Waals surface area contributed by atoms with Crippen molar-refractivity contribution in [3.8, 4) is 0 Å². The Bertz CT molecular complexity index is 764. The van der Waals surface area contributed by atoms with E-state index in [0.29, 0.717) is 16.0 Å². The number of H-pyrrole nitrogens is 1. The Labute approximate surface area is 150 Å². The summed E-state index contributed by atoms with van der Waals surface area (Å²) >= 11 is 12.0. The molecule has 3 N–H and O–H groups in total. The van der Waals surface area contributed by atoms with Crippen LogP contribution >= 0.6 is 23.2 Å². The van der Waals surface area contributed by atoms with Crippen LogP contribution in [-0.4, -0.2) is 28.0 Å². The molecule has 3 aromatic rings. The van der Waals surface area contributed by atoms with Crippen LogP contribution in [-0.2, 0) is 6.54 Å². The van der Waals surface area contributed by atoms with Crippen molar-refractivity contribution in [3.63, 3.8) is 0 Å². The third-order valence-electron chi connectivity index (χ3n) is 3.62. The summed E-state index contributed by atoms with van der Waals surface area (Å²) in [7, 11) is 0. The van der Waals surface area contributed by atoms with E-state index in [2.05, 4.69) is 32.5 Å². The number of benzene rings is 1. The minimum absolute atomic E-state index is 0.431. The molecular formula is C17H19Cl2N5. The van der Waals surface area contributed by atoms with E-state index in [-0.39, 0.29) is 0 Å². The van der Waals surface area contributed by atoms with Crippen LogP contribution in [0.4, 0.5) is 5.95 Å². The number of halogens is 2. The lowest BCUT2D eigenvalue weighted by Gasteiger charge is -2.13. The Balaban J connectivity index is 1.44. The van der Waals surface area contributed by atoms with Gasteiger partial charge in [0.25, 0.3) is 0 Å². The molecule has 0 aliphatic heterocycles. The van der Waals surface area contributed by atoms with Crippen LogP contribution in [0, 0.1) is 5.92 Å². The Morgan fingerprint density at radius 3 is 2.71 bits per heavy atom. The number of rotatable bonds is 7. The van der Waals surface area contributed by atoms with E-state index >= 15 is 0 Å². The van der Waals surface area contributed by atoms with Gasteiger partial charge in [0.2, 0.25) is 5.95 Å². The normalized spacial score (nSPS) is 12.5. The van der Waals surface area contributed by atoms with E-state index in [0.717, 1.165) is 42.3 Å². The molecule has 0 saturated heterocycles. The van der Waals surface area contributed by atoms with Gasteiger partial charge in [-0.2, -0.15) is 4.98 Å². The number of aromatic amines is 1. The second kappa shape index (κ2) is 7.83. The molecule has 1 aromatic carbocycles. The van der Waals surface area contributed by atoms with Crippen molar-refractivity contribution in [3.05, 3.63) is 52.1 Å². The lowest BCUT2D eigenvalue weighted by molar-refractivity contribution is 0.532. The first kappa shape index (κ1) is 17.0. The van der Waals surface area contributed by atoms with E-state index in [1.807, 2.05) is 24.3 Å². The zero-order chi connectivity index (χ0) is 16.9. The van der Waals surface area contributed by atoms with E-state index in [9.17, 15) is 0 Å². The maximum absolute atomic E-state index is 6.00. The average Bonchev–Trinajstić information content (AvgIpc) is 2.95. The first-order valence-electron chi connectivity index (χ1n) is 7.80. The van der Waals surface area contributed by atoms with E-state index in [1.165, 1.54) is 0 Å². The number of aromatic nitrogens is 3. The van der Waals surface area contributed by atoms with Gasteiger partial charge in [0.05, 0.1) is 5.52 Å². The van der Waals surface area contributed by atoms with Crippen LogP contribution in [0.15, 0.2) is 36.5 Å². The van der Waals surface area contributed by atoms with Gasteiger partial charge in [0.15, 0.2) is 5.65 Å².